The van der Waals surface area contributed by atoms with Crippen LogP contribution in [0, 0.1) is 0 Å². The largest absolute Gasteiger partial charge is 0.479 e. The van der Waals surface area contributed by atoms with Crippen molar-refractivity contribution in [2.24, 2.45) is 0 Å². The Morgan fingerprint density at radius 1 is 0.920 bits per heavy atom. The Bertz CT molecular complexity index is 637. The number of nitrogens with one attached hydrogen (secondary N) is 1. The summed E-state index contributed by atoms with van der Waals surface area (Å²) in [6.45, 7) is 10.3. The van der Waals surface area contributed by atoms with Gasteiger partial charge in [-0.15, -0.1) is 0 Å². The summed E-state index contributed by atoms with van der Waals surface area (Å²) in [6.07, 6.45) is -0.837. The van der Waals surface area contributed by atoms with Gasteiger partial charge < -0.3 is 19.9 Å². The van der Waals surface area contributed by atoms with E-state index in [0.29, 0.717) is 11.1 Å². The number of esters is 1. The maximum atomic E-state index is 12.0. The first-order valence-corrected chi connectivity index (χ1v) is 7.84. The van der Waals surface area contributed by atoms with Crippen molar-refractivity contribution in [3.05, 3.63) is 35.4 Å². The lowest BCUT2D eigenvalue weighted by Gasteiger charge is -2.22. The molecule has 0 bridgehead atoms. The molecule has 0 aliphatic rings. The molecule has 0 aliphatic heterocycles. The van der Waals surface area contributed by atoms with Gasteiger partial charge >= 0.3 is 18.0 Å². The Morgan fingerprint density at radius 2 is 1.40 bits per heavy atom. The van der Waals surface area contributed by atoms with Gasteiger partial charge in [0.2, 0.25) is 0 Å². The number of carboxylic acids is 1. The lowest BCUT2D eigenvalue weighted by Crippen LogP contribution is -2.38. The van der Waals surface area contributed by atoms with Gasteiger partial charge in [-0.1, -0.05) is 12.1 Å². The number of carbonyl (C=O) groups is 3. The van der Waals surface area contributed by atoms with Crippen molar-refractivity contribution in [3.63, 3.8) is 0 Å². The fourth-order valence-electron chi connectivity index (χ4n) is 1.86. The molecule has 138 valence electrons. The standard InChI is InChI=1S/C18H25NO6/c1-17(2,3)24-15(22)12-9-7-11(8-10-12)13(14(20)21)19-16(23)25-18(4,5)6/h7-10,13H,1-6H3,(H,19,23)(H,20,21). The average Bonchev–Trinajstić information content (AvgIpc) is 2.41. The van der Waals surface area contributed by atoms with Crippen molar-refractivity contribution in [1.82, 2.24) is 5.32 Å². The molecule has 0 saturated heterocycles. The molecule has 1 aromatic carbocycles. The number of carbonyl (C=O) groups excluding carboxylic acids is 2. The molecule has 1 unspecified atom stereocenters. The summed E-state index contributed by atoms with van der Waals surface area (Å²) in [5.74, 6) is -1.75. The highest BCUT2D eigenvalue weighted by Gasteiger charge is 2.26. The van der Waals surface area contributed by atoms with Crippen molar-refractivity contribution in [3.8, 4) is 0 Å². The molecule has 0 saturated carbocycles. The number of carboxylic acid groups (broad SMARTS) is 1. The van der Waals surface area contributed by atoms with Gasteiger partial charge in [0.25, 0.3) is 0 Å². The van der Waals surface area contributed by atoms with E-state index in [1.54, 1.807) is 41.5 Å². The summed E-state index contributed by atoms with van der Waals surface area (Å²) in [5, 5.41) is 11.6. The van der Waals surface area contributed by atoms with Gasteiger partial charge in [0.1, 0.15) is 11.2 Å². The van der Waals surface area contributed by atoms with Gasteiger partial charge in [-0.25, -0.2) is 14.4 Å². The van der Waals surface area contributed by atoms with E-state index in [9.17, 15) is 19.5 Å². The Morgan fingerprint density at radius 3 is 1.80 bits per heavy atom. The van der Waals surface area contributed by atoms with E-state index in [4.69, 9.17) is 9.47 Å². The minimum absolute atomic E-state index is 0.292. The first kappa shape index (κ1) is 20.5. The van der Waals surface area contributed by atoms with Crippen LogP contribution in [0.4, 0.5) is 4.79 Å². The number of rotatable bonds is 4. The third kappa shape index (κ3) is 7.24. The van der Waals surface area contributed by atoms with Gasteiger partial charge in [-0.3, -0.25) is 0 Å². The molecule has 2 N–H and O–H groups in total. The van der Waals surface area contributed by atoms with Gasteiger partial charge in [-0.2, -0.15) is 0 Å². The maximum Gasteiger partial charge on any atom is 0.408 e. The second kappa shape index (κ2) is 7.55. The summed E-state index contributed by atoms with van der Waals surface area (Å²) < 4.78 is 10.3. The molecule has 1 amide bonds. The van der Waals surface area contributed by atoms with Gasteiger partial charge in [0.05, 0.1) is 5.56 Å². The predicted octanol–water partition coefficient (Wildman–Crippen LogP) is 3.29. The third-order valence-corrected chi connectivity index (χ3v) is 2.79. The quantitative estimate of drug-likeness (QED) is 0.807. The van der Waals surface area contributed by atoms with Crippen LogP contribution in [0.25, 0.3) is 0 Å². The minimum atomic E-state index is -1.29. The highest BCUT2D eigenvalue weighted by Crippen LogP contribution is 2.18. The molecule has 1 rings (SSSR count). The molecule has 0 radical (unpaired) electrons. The van der Waals surface area contributed by atoms with E-state index >= 15 is 0 Å². The fraction of sp³-hybridized carbons (Fsp3) is 0.500. The maximum absolute atomic E-state index is 12.0. The lowest BCUT2D eigenvalue weighted by atomic mass is 10.0. The Balaban J connectivity index is 2.90. The third-order valence-electron chi connectivity index (χ3n) is 2.79. The molecule has 1 atom stereocenters. The Hall–Kier alpha value is -2.57. The fourth-order valence-corrected chi connectivity index (χ4v) is 1.86. The van der Waals surface area contributed by atoms with Crippen LogP contribution in [0.5, 0.6) is 0 Å². The zero-order valence-electron chi connectivity index (χ0n) is 15.4. The van der Waals surface area contributed by atoms with Crippen LogP contribution in [0.15, 0.2) is 24.3 Å². The zero-order chi connectivity index (χ0) is 19.4. The molecular weight excluding hydrogens is 326 g/mol. The number of hydrogen-bond acceptors (Lipinski definition) is 5. The highest BCUT2D eigenvalue weighted by molar-refractivity contribution is 5.90. The SMILES string of the molecule is CC(C)(C)OC(=O)NC(C(=O)O)c1ccc(C(=O)OC(C)(C)C)cc1. The monoisotopic (exact) mass is 351 g/mol. The Labute approximate surface area is 147 Å². The zero-order valence-corrected chi connectivity index (χ0v) is 15.4. The van der Waals surface area contributed by atoms with Gasteiger partial charge in [0.15, 0.2) is 6.04 Å². The van der Waals surface area contributed by atoms with E-state index in [0.717, 1.165) is 0 Å². The van der Waals surface area contributed by atoms with Gasteiger partial charge in [-0.05, 0) is 59.2 Å². The second-order valence-electron chi connectivity index (χ2n) is 7.54. The predicted molar refractivity (Wildman–Crippen MR) is 91.4 cm³/mol. The molecule has 0 spiro atoms. The first-order chi connectivity index (χ1) is 11.3. The second-order valence-corrected chi connectivity index (χ2v) is 7.54. The number of aliphatic carboxylic acids is 1. The van der Waals surface area contributed by atoms with Crippen LogP contribution < -0.4 is 5.32 Å². The molecule has 7 nitrogen and oxygen atoms in total. The Kier molecular flexibility index (Phi) is 6.18. The summed E-state index contributed by atoms with van der Waals surface area (Å²) in [6, 6.07) is 4.53. The van der Waals surface area contributed by atoms with Crippen LogP contribution in [0.1, 0.15) is 63.5 Å². The molecule has 0 aromatic heterocycles. The molecule has 25 heavy (non-hydrogen) atoms. The molecular formula is C18H25NO6. The number of amides is 1. The van der Waals surface area contributed by atoms with E-state index in [2.05, 4.69) is 5.32 Å². The van der Waals surface area contributed by atoms with Crippen LogP contribution in [0.2, 0.25) is 0 Å². The normalized spacial score (nSPS) is 12.9. The molecule has 7 heteroatoms. The average molecular weight is 351 g/mol. The number of ether oxygens (including phenoxy) is 2. The summed E-state index contributed by atoms with van der Waals surface area (Å²) >= 11 is 0. The minimum Gasteiger partial charge on any atom is -0.479 e. The molecule has 0 heterocycles. The van der Waals surface area contributed by atoms with Crippen LogP contribution >= 0.6 is 0 Å². The van der Waals surface area contributed by atoms with Crippen molar-refractivity contribution < 1.29 is 29.0 Å². The van der Waals surface area contributed by atoms with Gasteiger partial charge in [0, 0.05) is 0 Å². The highest BCUT2D eigenvalue weighted by atomic mass is 16.6. The van der Waals surface area contributed by atoms with E-state index in [1.165, 1.54) is 24.3 Å². The summed E-state index contributed by atoms with van der Waals surface area (Å²) in [4.78, 5) is 35.2. The molecule has 0 aliphatic carbocycles. The molecule has 1 aromatic rings. The van der Waals surface area contributed by atoms with Crippen LogP contribution in [-0.2, 0) is 14.3 Å². The number of alkyl carbamates (subject to hydrolysis) is 1. The lowest BCUT2D eigenvalue weighted by molar-refractivity contribution is -0.139. The van der Waals surface area contributed by atoms with Crippen molar-refractivity contribution in [2.75, 3.05) is 0 Å². The van der Waals surface area contributed by atoms with E-state index < -0.39 is 35.3 Å². The number of hydrogen-bond donors (Lipinski definition) is 2. The summed E-state index contributed by atoms with van der Waals surface area (Å²) in [7, 11) is 0. The summed E-state index contributed by atoms with van der Waals surface area (Å²) in [5.41, 5.74) is -0.767. The van der Waals surface area contributed by atoms with E-state index in [-0.39, 0.29) is 0 Å². The van der Waals surface area contributed by atoms with Crippen molar-refractivity contribution >= 4 is 18.0 Å². The number of benzene rings is 1. The van der Waals surface area contributed by atoms with Crippen molar-refractivity contribution in [1.29, 1.82) is 0 Å². The smallest absolute Gasteiger partial charge is 0.408 e. The van der Waals surface area contributed by atoms with Crippen molar-refractivity contribution in [2.45, 2.75) is 58.8 Å². The van der Waals surface area contributed by atoms with E-state index in [1.807, 2.05) is 0 Å². The molecule has 0 fully saturated rings. The van der Waals surface area contributed by atoms with Crippen LogP contribution in [0.3, 0.4) is 0 Å². The topological polar surface area (TPSA) is 102 Å². The van der Waals surface area contributed by atoms with Crippen LogP contribution in [-0.4, -0.2) is 34.3 Å². The first-order valence-electron chi connectivity index (χ1n) is 7.84.